The second-order valence-electron chi connectivity index (χ2n) is 2.74. The molecule has 0 unspecified atom stereocenters. The lowest BCUT2D eigenvalue weighted by atomic mass is 10.1. The molecule has 0 fully saturated rings. The van der Waals surface area contributed by atoms with Crippen LogP contribution in [0.25, 0.3) is 0 Å². The summed E-state index contributed by atoms with van der Waals surface area (Å²) in [6, 6.07) is 0. The SMILES string of the molecule is C=CCOC(=O)C(CC)=C(N)CC=C. The summed E-state index contributed by atoms with van der Waals surface area (Å²) in [7, 11) is 0. The van der Waals surface area contributed by atoms with Gasteiger partial charge < -0.3 is 10.5 Å². The Morgan fingerprint density at radius 1 is 1.43 bits per heavy atom. The Morgan fingerprint density at radius 3 is 2.50 bits per heavy atom. The molecular formula is C11H17NO2. The molecule has 0 aliphatic rings. The van der Waals surface area contributed by atoms with Crippen LogP contribution in [0.1, 0.15) is 19.8 Å². The zero-order valence-corrected chi connectivity index (χ0v) is 8.58. The third-order valence-electron chi connectivity index (χ3n) is 1.68. The topological polar surface area (TPSA) is 52.3 Å². The third-order valence-corrected chi connectivity index (χ3v) is 1.68. The van der Waals surface area contributed by atoms with Gasteiger partial charge in [-0.25, -0.2) is 4.79 Å². The van der Waals surface area contributed by atoms with Gasteiger partial charge in [-0.15, -0.1) is 6.58 Å². The van der Waals surface area contributed by atoms with E-state index in [4.69, 9.17) is 10.5 Å². The van der Waals surface area contributed by atoms with Crippen molar-refractivity contribution >= 4 is 5.97 Å². The zero-order valence-electron chi connectivity index (χ0n) is 8.58. The van der Waals surface area contributed by atoms with Gasteiger partial charge in [-0.3, -0.25) is 0 Å². The molecule has 0 aromatic heterocycles. The number of rotatable bonds is 6. The van der Waals surface area contributed by atoms with Gasteiger partial charge in [0.1, 0.15) is 6.61 Å². The highest BCUT2D eigenvalue weighted by atomic mass is 16.5. The van der Waals surface area contributed by atoms with Gasteiger partial charge in [0.15, 0.2) is 0 Å². The normalized spacial score (nSPS) is 11.5. The smallest absolute Gasteiger partial charge is 0.336 e. The summed E-state index contributed by atoms with van der Waals surface area (Å²) in [4.78, 5) is 11.4. The van der Waals surface area contributed by atoms with Crippen LogP contribution in [0.3, 0.4) is 0 Å². The summed E-state index contributed by atoms with van der Waals surface area (Å²) >= 11 is 0. The lowest BCUT2D eigenvalue weighted by Crippen LogP contribution is -2.13. The lowest BCUT2D eigenvalue weighted by Gasteiger charge is -2.07. The zero-order chi connectivity index (χ0) is 11.0. The Balaban J connectivity index is 4.52. The first-order valence-electron chi connectivity index (χ1n) is 4.53. The first-order valence-corrected chi connectivity index (χ1v) is 4.53. The molecule has 14 heavy (non-hydrogen) atoms. The van der Waals surface area contributed by atoms with Crippen LogP contribution in [0, 0.1) is 0 Å². The van der Waals surface area contributed by atoms with E-state index in [1.807, 2.05) is 6.92 Å². The molecule has 0 aromatic carbocycles. The number of ether oxygens (including phenoxy) is 1. The van der Waals surface area contributed by atoms with Crippen molar-refractivity contribution in [1.82, 2.24) is 0 Å². The fourth-order valence-corrected chi connectivity index (χ4v) is 1.00. The molecule has 78 valence electrons. The quantitative estimate of drug-likeness (QED) is 0.400. The van der Waals surface area contributed by atoms with E-state index in [0.717, 1.165) is 0 Å². The van der Waals surface area contributed by atoms with Gasteiger partial charge in [-0.05, 0) is 6.42 Å². The average Bonchev–Trinajstić information content (AvgIpc) is 2.16. The van der Waals surface area contributed by atoms with Crippen molar-refractivity contribution < 1.29 is 9.53 Å². The molecule has 0 saturated carbocycles. The maximum Gasteiger partial charge on any atom is 0.336 e. The van der Waals surface area contributed by atoms with E-state index in [2.05, 4.69) is 13.2 Å². The average molecular weight is 195 g/mol. The van der Waals surface area contributed by atoms with Crippen LogP contribution in [-0.4, -0.2) is 12.6 Å². The molecule has 0 aromatic rings. The van der Waals surface area contributed by atoms with Crippen LogP contribution in [0.4, 0.5) is 0 Å². The predicted molar refractivity (Wildman–Crippen MR) is 57.5 cm³/mol. The highest BCUT2D eigenvalue weighted by Crippen LogP contribution is 2.10. The van der Waals surface area contributed by atoms with Gasteiger partial charge in [-0.1, -0.05) is 25.7 Å². The summed E-state index contributed by atoms with van der Waals surface area (Å²) in [5.74, 6) is -0.369. The van der Waals surface area contributed by atoms with Gasteiger partial charge in [0, 0.05) is 12.1 Å². The van der Waals surface area contributed by atoms with Gasteiger partial charge in [0.05, 0.1) is 5.57 Å². The van der Waals surface area contributed by atoms with Crippen LogP contribution >= 0.6 is 0 Å². The molecule has 0 rings (SSSR count). The molecule has 0 amide bonds. The van der Waals surface area contributed by atoms with Gasteiger partial charge in [0.2, 0.25) is 0 Å². The van der Waals surface area contributed by atoms with E-state index < -0.39 is 0 Å². The third kappa shape index (κ3) is 3.94. The molecule has 3 heteroatoms. The largest absolute Gasteiger partial charge is 0.458 e. The number of allylic oxidation sites excluding steroid dienone is 1. The van der Waals surface area contributed by atoms with Crippen molar-refractivity contribution in [2.75, 3.05) is 6.61 Å². The number of carbonyl (C=O) groups is 1. The summed E-state index contributed by atoms with van der Waals surface area (Å²) < 4.78 is 4.88. The standard InChI is InChI=1S/C11H17NO2/c1-4-7-10(12)9(6-3)11(13)14-8-5-2/h4-5H,1-2,6-8,12H2,3H3. The first-order chi connectivity index (χ1) is 6.67. The van der Waals surface area contributed by atoms with Gasteiger partial charge in [-0.2, -0.15) is 0 Å². The van der Waals surface area contributed by atoms with Crippen molar-refractivity contribution in [2.45, 2.75) is 19.8 Å². The number of esters is 1. The van der Waals surface area contributed by atoms with Crippen LogP contribution in [0.2, 0.25) is 0 Å². The lowest BCUT2D eigenvalue weighted by molar-refractivity contribution is -0.138. The second-order valence-corrected chi connectivity index (χ2v) is 2.74. The summed E-state index contributed by atoms with van der Waals surface area (Å²) in [5.41, 5.74) is 6.74. The summed E-state index contributed by atoms with van der Waals surface area (Å²) in [6.45, 7) is 9.09. The Hall–Kier alpha value is -1.51. The van der Waals surface area contributed by atoms with Crippen molar-refractivity contribution in [2.24, 2.45) is 5.73 Å². The summed E-state index contributed by atoms with van der Waals surface area (Å²) in [6.07, 6.45) is 4.25. The van der Waals surface area contributed by atoms with E-state index in [1.54, 1.807) is 6.08 Å². The molecule has 0 aliphatic carbocycles. The number of hydrogen-bond acceptors (Lipinski definition) is 3. The fourth-order valence-electron chi connectivity index (χ4n) is 1.00. The Morgan fingerprint density at radius 2 is 2.07 bits per heavy atom. The Kier molecular flexibility index (Phi) is 6.20. The summed E-state index contributed by atoms with van der Waals surface area (Å²) in [5, 5.41) is 0. The fraction of sp³-hybridized carbons (Fsp3) is 0.364. The minimum Gasteiger partial charge on any atom is -0.458 e. The van der Waals surface area contributed by atoms with E-state index in [9.17, 15) is 4.79 Å². The molecule has 3 nitrogen and oxygen atoms in total. The number of nitrogens with two attached hydrogens (primary N) is 1. The van der Waals surface area contributed by atoms with Crippen molar-refractivity contribution in [1.29, 1.82) is 0 Å². The van der Waals surface area contributed by atoms with Crippen molar-refractivity contribution in [3.05, 3.63) is 36.6 Å². The highest BCUT2D eigenvalue weighted by Gasteiger charge is 2.11. The van der Waals surface area contributed by atoms with E-state index >= 15 is 0 Å². The van der Waals surface area contributed by atoms with E-state index in [0.29, 0.717) is 24.1 Å². The number of carbonyl (C=O) groups excluding carboxylic acids is 1. The maximum atomic E-state index is 11.4. The van der Waals surface area contributed by atoms with Gasteiger partial charge in [0.25, 0.3) is 0 Å². The van der Waals surface area contributed by atoms with Crippen LogP contribution in [-0.2, 0) is 9.53 Å². The van der Waals surface area contributed by atoms with Crippen LogP contribution in [0.15, 0.2) is 36.6 Å². The first kappa shape index (κ1) is 12.5. The minimum absolute atomic E-state index is 0.212. The van der Waals surface area contributed by atoms with Crippen LogP contribution in [0.5, 0.6) is 0 Å². The molecule has 0 spiro atoms. The molecular weight excluding hydrogens is 178 g/mol. The molecule has 0 saturated heterocycles. The minimum atomic E-state index is -0.369. The highest BCUT2D eigenvalue weighted by molar-refractivity contribution is 5.89. The Labute approximate surface area is 84.9 Å². The molecule has 0 radical (unpaired) electrons. The Bertz CT molecular complexity index is 254. The molecule has 0 bridgehead atoms. The number of hydrogen-bond donors (Lipinski definition) is 1. The molecule has 2 N–H and O–H groups in total. The van der Waals surface area contributed by atoms with Gasteiger partial charge >= 0.3 is 5.97 Å². The monoisotopic (exact) mass is 195 g/mol. The molecule has 0 aliphatic heterocycles. The van der Waals surface area contributed by atoms with Crippen molar-refractivity contribution in [3.63, 3.8) is 0 Å². The maximum absolute atomic E-state index is 11.4. The van der Waals surface area contributed by atoms with Crippen LogP contribution < -0.4 is 5.73 Å². The van der Waals surface area contributed by atoms with E-state index in [-0.39, 0.29) is 12.6 Å². The second kappa shape index (κ2) is 6.95. The molecule has 0 atom stereocenters. The molecule has 0 heterocycles. The van der Waals surface area contributed by atoms with Crippen molar-refractivity contribution in [3.8, 4) is 0 Å². The predicted octanol–water partition coefficient (Wildman–Crippen LogP) is 1.91. The van der Waals surface area contributed by atoms with E-state index in [1.165, 1.54) is 6.08 Å².